The van der Waals surface area contributed by atoms with Gasteiger partial charge in [0.1, 0.15) is 5.82 Å². The first-order valence-electron chi connectivity index (χ1n) is 9.27. The molecule has 1 saturated heterocycles. The Balaban J connectivity index is 1.50. The topological polar surface area (TPSA) is 70.6 Å². The van der Waals surface area contributed by atoms with Gasteiger partial charge >= 0.3 is 0 Å². The standard InChI is InChI=1S/C20H22N6/c1-14-10-17(24-19(23-14)16-4-2-8-21-11-16)26-9-3-6-20(13-26)7-5-15-12-22-25-18(15)20/h2,4,8,10-12H,3,5-7,9,13H2,1H3,(H,22,25). The number of hydrogen-bond donors (Lipinski definition) is 1. The first kappa shape index (κ1) is 15.5. The second kappa shape index (κ2) is 5.90. The number of hydrogen-bond acceptors (Lipinski definition) is 5. The fourth-order valence-electron chi connectivity index (χ4n) is 4.53. The van der Waals surface area contributed by atoms with Crippen LogP contribution in [0.3, 0.4) is 0 Å². The molecule has 2 aliphatic rings. The smallest absolute Gasteiger partial charge is 0.163 e. The molecule has 1 N–H and O–H groups in total. The highest BCUT2D eigenvalue weighted by molar-refractivity contribution is 5.57. The number of aryl methyl sites for hydroxylation is 2. The van der Waals surface area contributed by atoms with Crippen LogP contribution in [-0.4, -0.2) is 38.2 Å². The van der Waals surface area contributed by atoms with E-state index in [9.17, 15) is 0 Å². The Bertz CT molecular complexity index is 934. The van der Waals surface area contributed by atoms with Crippen molar-refractivity contribution < 1.29 is 0 Å². The van der Waals surface area contributed by atoms with E-state index in [1.807, 2.05) is 31.5 Å². The molecule has 1 aliphatic heterocycles. The van der Waals surface area contributed by atoms with E-state index < -0.39 is 0 Å². The number of pyridine rings is 1. The highest BCUT2D eigenvalue weighted by atomic mass is 15.2. The summed E-state index contributed by atoms with van der Waals surface area (Å²) in [6.07, 6.45) is 10.3. The number of nitrogens with one attached hydrogen (secondary N) is 1. The van der Waals surface area contributed by atoms with E-state index in [1.54, 1.807) is 6.20 Å². The van der Waals surface area contributed by atoms with Crippen molar-refractivity contribution >= 4 is 5.82 Å². The minimum Gasteiger partial charge on any atom is -0.356 e. The maximum Gasteiger partial charge on any atom is 0.163 e. The van der Waals surface area contributed by atoms with Gasteiger partial charge in [-0.05, 0) is 50.3 Å². The van der Waals surface area contributed by atoms with Crippen molar-refractivity contribution in [3.8, 4) is 11.4 Å². The molecule has 6 nitrogen and oxygen atoms in total. The van der Waals surface area contributed by atoms with Crippen LogP contribution in [-0.2, 0) is 11.8 Å². The number of anilines is 1. The molecule has 3 aromatic heterocycles. The van der Waals surface area contributed by atoms with E-state index in [2.05, 4.69) is 31.1 Å². The lowest BCUT2D eigenvalue weighted by atomic mass is 9.77. The molecule has 1 unspecified atom stereocenters. The molecule has 0 saturated carbocycles. The Labute approximate surface area is 152 Å². The summed E-state index contributed by atoms with van der Waals surface area (Å²) in [5.41, 5.74) is 4.88. The molecule has 5 rings (SSSR count). The molecule has 1 atom stereocenters. The van der Waals surface area contributed by atoms with Gasteiger partial charge in [-0.25, -0.2) is 9.97 Å². The van der Waals surface area contributed by atoms with Crippen LogP contribution in [0.1, 0.15) is 36.2 Å². The van der Waals surface area contributed by atoms with Gasteiger partial charge in [0, 0.05) is 53.9 Å². The summed E-state index contributed by atoms with van der Waals surface area (Å²) in [6, 6.07) is 6.04. The average Bonchev–Trinajstić information content (AvgIpc) is 3.27. The van der Waals surface area contributed by atoms with Crippen LogP contribution >= 0.6 is 0 Å². The third kappa shape index (κ3) is 2.48. The van der Waals surface area contributed by atoms with E-state index >= 15 is 0 Å². The molecule has 0 radical (unpaired) electrons. The highest BCUT2D eigenvalue weighted by Gasteiger charge is 2.43. The molecule has 26 heavy (non-hydrogen) atoms. The van der Waals surface area contributed by atoms with Crippen molar-refractivity contribution in [2.75, 3.05) is 18.0 Å². The van der Waals surface area contributed by atoms with Crippen LogP contribution in [0.4, 0.5) is 5.82 Å². The summed E-state index contributed by atoms with van der Waals surface area (Å²) in [5, 5.41) is 7.56. The maximum atomic E-state index is 4.87. The first-order valence-corrected chi connectivity index (χ1v) is 9.27. The molecular weight excluding hydrogens is 324 g/mol. The van der Waals surface area contributed by atoms with E-state index in [0.29, 0.717) is 0 Å². The number of aromatic amines is 1. The second-order valence-electron chi connectivity index (χ2n) is 7.51. The number of rotatable bonds is 2. The summed E-state index contributed by atoms with van der Waals surface area (Å²) < 4.78 is 0. The molecule has 132 valence electrons. The van der Waals surface area contributed by atoms with Crippen LogP contribution < -0.4 is 4.90 Å². The second-order valence-corrected chi connectivity index (χ2v) is 7.51. The minimum atomic E-state index is 0.192. The van der Waals surface area contributed by atoms with E-state index in [0.717, 1.165) is 42.4 Å². The fourth-order valence-corrected chi connectivity index (χ4v) is 4.53. The predicted molar refractivity (Wildman–Crippen MR) is 100 cm³/mol. The van der Waals surface area contributed by atoms with Gasteiger partial charge in [0.25, 0.3) is 0 Å². The zero-order valence-electron chi connectivity index (χ0n) is 14.9. The highest BCUT2D eigenvalue weighted by Crippen LogP contribution is 2.44. The van der Waals surface area contributed by atoms with Crippen LogP contribution in [0.2, 0.25) is 0 Å². The Kier molecular flexibility index (Phi) is 3.51. The van der Waals surface area contributed by atoms with Crippen LogP contribution in [0.25, 0.3) is 11.4 Å². The lowest BCUT2D eigenvalue weighted by Crippen LogP contribution is -2.45. The summed E-state index contributed by atoms with van der Waals surface area (Å²) in [5.74, 6) is 1.77. The zero-order chi connectivity index (χ0) is 17.6. The van der Waals surface area contributed by atoms with Crippen molar-refractivity contribution in [3.63, 3.8) is 0 Å². The Morgan fingerprint density at radius 2 is 2.15 bits per heavy atom. The molecule has 1 spiro atoms. The van der Waals surface area contributed by atoms with Gasteiger partial charge in [-0.3, -0.25) is 10.1 Å². The molecule has 1 aliphatic carbocycles. The number of piperidine rings is 1. The summed E-state index contributed by atoms with van der Waals surface area (Å²) in [4.78, 5) is 16.1. The maximum absolute atomic E-state index is 4.87. The zero-order valence-corrected chi connectivity index (χ0v) is 14.9. The quantitative estimate of drug-likeness (QED) is 0.772. The SMILES string of the molecule is Cc1cc(N2CCCC3(CCc4cn[nH]c43)C2)nc(-c2cccnc2)n1. The van der Waals surface area contributed by atoms with Gasteiger partial charge in [-0.2, -0.15) is 5.10 Å². The van der Waals surface area contributed by atoms with Gasteiger partial charge in [0.2, 0.25) is 0 Å². The summed E-state index contributed by atoms with van der Waals surface area (Å²) in [7, 11) is 0. The van der Waals surface area contributed by atoms with Crippen LogP contribution in [0, 0.1) is 6.92 Å². The van der Waals surface area contributed by atoms with Crippen molar-refractivity contribution in [3.05, 3.63) is 53.7 Å². The first-order chi connectivity index (χ1) is 12.7. The van der Waals surface area contributed by atoms with Crippen LogP contribution in [0.15, 0.2) is 36.8 Å². The molecule has 3 aromatic rings. The number of H-pyrrole nitrogens is 1. The fraction of sp³-hybridized carbons (Fsp3) is 0.400. The van der Waals surface area contributed by atoms with Crippen molar-refractivity contribution in [2.45, 2.75) is 38.0 Å². The third-order valence-corrected chi connectivity index (χ3v) is 5.78. The predicted octanol–water partition coefficient (Wildman–Crippen LogP) is 3.05. The van der Waals surface area contributed by atoms with E-state index in [4.69, 9.17) is 4.98 Å². The van der Waals surface area contributed by atoms with Gasteiger partial charge in [-0.15, -0.1) is 0 Å². The molecule has 0 bridgehead atoms. The molecule has 6 heteroatoms. The Hall–Kier alpha value is -2.76. The molecular formula is C20H22N6. The van der Waals surface area contributed by atoms with Crippen LogP contribution in [0.5, 0.6) is 0 Å². The monoisotopic (exact) mass is 346 g/mol. The van der Waals surface area contributed by atoms with Gasteiger partial charge < -0.3 is 4.90 Å². The number of nitrogens with zero attached hydrogens (tertiary/aromatic N) is 5. The molecule has 1 fully saturated rings. The van der Waals surface area contributed by atoms with Crippen molar-refractivity contribution in [1.29, 1.82) is 0 Å². The van der Waals surface area contributed by atoms with E-state index in [-0.39, 0.29) is 5.41 Å². The normalized spacial score (nSPS) is 22.0. The summed E-state index contributed by atoms with van der Waals surface area (Å²) in [6.45, 7) is 4.06. The van der Waals surface area contributed by atoms with Gasteiger partial charge in [0.15, 0.2) is 5.82 Å². The van der Waals surface area contributed by atoms with Crippen molar-refractivity contribution in [2.24, 2.45) is 0 Å². The third-order valence-electron chi connectivity index (χ3n) is 5.78. The molecule has 0 amide bonds. The number of aromatic nitrogens is 5. The summed E-state index contributed by atoms with van der Waals surface area (Å²) >= 11 is 0. The Morgan fingerprint density at radius 3 is 3.04 bits per heavy atom. The lowest BCUT2D eigenvalue weighted by Gasteiger charge is -2.41. The van der Waals surface area contributed by atoms with Gasteiger partial charge in [0.05, 0.1) is 6.20 Å². The number of fused-ring (bicyclic) bond motifs is 2. The molecule has 0 aromatic carbocycles. The Morgan fingerprint density at radius 1 is 1.19 bits per heavy atom. The average molecular weight is 346 g/mol. The van der Waals surface area contributed by atoms with E-state index in [1.165, 1.54) is 30.5 Å². The molecule has 4 heterocycles. The minimum absolute atomic E-state index is 0.192. The lowest BCUT2D eigenvalue weighted by molar-refractivity contribution is 0.331. The van der Waals surface area contributed by atoms with Crippen molar-refractivity contribution in [1.82, 2.24) is 25.1 Å². The van der Waals surface area contributed by atoms with Gasteiger partial charge in [-0.1, -0.05) is 0 Å². The largest absolute Gasteiger partial charge is 0.356 e.